The van der Waals surface area contributed by atoms with E-state index in [0.29, 0.717) is 16.6 Å². The molecule has 0 aliphatic carbocycles. The molecule has 108 valence electrons. The molecule has 1 aromatic carbocycles. The Hall–Kier alpha value is -1.52. The Morgan fingerprint density at radius 3 is 3.05 bits per heavy atom. The molecule has 1 saturated heterocycles. The lowest BCUT2D eigenvalue weighted by Gasteiger charge is -2.37. The maximum Gasteiger partial charge on any atom is 0.328 e. The number of rotatable bonds is 4. The average molecular weight is 296 g/mol. The quantitative estimate of drug-likeness (QED) is 0.868. The highest BCUT2D eigenvalue weighted by Crippen LogP contribution is 2.27. The summed E-state index contributed by atoms with van der Waals surface area (Å²) >= 11 is 6.22. The summed E-state index contributed by atoms with van der Waals surface area (Å²) < 4.78 is 5.49. The van der Waals surface area contributed by atoms with Crippen molar-refractivity contribution in [2.24, 2.45) is 0 Å². The van der Waals surface area contributed by atoms with Crippen molar-refractivity contribution in [1.29, 1.82) is 0 Å². The van der Waals surface area contributed by atoms with Crippen LogP contribution >= 0.6 is 11.6 Å². The van der Waals surface area contributed by atoms with Gasteiger partial charge in [-0.2, -0.15) is 0 Å². The number of ether oxygens (including phenoxy) is 1. The Morgan fingerprint density at radius 1 is 1.60 bits per heavy atom. The first-order chi connectivity index (χ1) is 9.61. The zero-order chi connectivity index (χ0) is 14.5. The van der Waals surface area contributed by atoms with Crippen molar-refractivity contribution >= 4 is 29.3 Å². The molecule has 1 fully saturated rings. The van der Waals surface area contributed by atoms with Crippen LogP contribution in [0, 0.1) is 0 Å². The third-order valence-corrected chi connectivity index (χ3v) is 3.75. The Balaban J connectivity index is 2.21. The third kappa shape index (κ3) is 3.52. The van der Waals surface area contributed by atoms with Gasteiger partial charge in [0, 0.05) is 23.3 Å². The molecular weight excluding hydrogens is 278 g/mol. The zero-order valence-electron chi connectivity index (χ0n) is 11.4. The summed E-state index contributed by atoms with van der Waals surface area (Å²) in [6.45, 7) is 4.43. The summed E-state index contributed by atoms with van der Waals surface area (Å²) in [6, 6.07) is 6.07. The molecule has 1 heterocycles. The van der Waals surface area contributed by atoms with Crippen LogP contribution in [-0.4, -0.2) is 36.9 Å². The minimum atomic E-state index is -0.982. The standard InChI is InChI=1S/C15H18ClNO3/c1-2-12-10-20-8-7-17(12)13-5-3-11(14(16)9-13)4-6-15(18)19/h3-6,9,12H,2,7-8,10H2,1H3,(H,18,19)/b6-4+. The van der Waals surface area contributed by atoms with Crippen LogP contribution in [0.15, 0.2) is 24.3 Å². The summed E-state index contributed by atoms with van der Waals surface area (Å²) in [7, 11) is 0. The van der Waals surface area contributed by atoms with Crippen LogP contribution in [0.3, 0.4) is 0 Å². The van der Waals surface area contributed by atoms with Crippen molar-refractivity contribution in [3.05, 3.63) is 34.9 Å². The predicted octanol–water partition coefficient (Wildman–Crippen LogP) is 3.05. The van der Waals surface area contributed by atoms with Crippen LogP contribution in [0.25, 0.3) is 6.08 Å². The number of carboxylic acids is 1. The number of carbonyl (C=O) groups is 1. The molecule has 0 amide bonds. The van der Waals surface area contributed by atoms with Crippen molar-refractivity contribution in [1.82, 2.24) is 0 Å². The van der Waals surface area contributed by atoms with Gasteiger partial charge in [-0.1, -0.05) is 24.6 Å². The summed E-state index contributed by atoms with van der Waals surface area (Å²) in [4.78, 5) is 12.8. The second-order valence-electron chi connectivity index (χ2n) is 4.71. The van der Waals surface area contributed by atoms with Crippen molar-refractivity contribution in [3.63, 3.8) is 0 Å². The number of morpholine rings is 1. The molecule has 4 nitrogen and oxygen atoms in total. The molecule has 0 bridgehead atoms. The fourth-order valence-electron chi connectivity index (χ4n) is 2.32. The predicted molar refractivity (Wildman–Crippen MR) is 80.4 cm³/mol. The number of halogens is 1. The number of anilines is 1. The van der Waals surface area contributed by atoms with Gasteiger partial charge < -0.3 is 14.7 Å². The molecule has 20 heavy (non-hydrogen) atoms. The van der Waals surface area contributed by atoms with Gasteiger partial charge in [0.25, 0.3) is 0 Å². The molecule has 0 aromatic heterocycles. The van der Waals surface area contributed by atoms with Crippen molar-refractivity contribution in [2.75, 3.05) is 24.7 Å². The van der Waals surface area contributed by atoms with Crippen molar-refractivity contribution < 1.29 is 14.6 Å². The maximum atomic E-state index is 10.5. The highest BCUT2D eigenvalue weighted by molar-refractivity contribution is 6.32. The van der Waals surface area contributed by atoms with Gasteiger partial charge in [0.05, 0.1) is 19.3 Å². The van der Waals surface area contributed by atoms with E-state index in [0.717, 1.165) is 37.9 Å². The van der Waals surface area contributed by atoms with E-state index in [1.807, 2.05) is 18.2 Å². The maximum absolute atomic E-state index is 10.5. The van der Waals surface area contributed by atoms with Gasteiger partial charge in [-0.3, -0.25) is 0 Å². The number of carboxylic acid groups (broad SMARTS) is 1. The van der Waals surface area contributed by atoms with E-state index in [2.05, 4.69) is 11.8 Å². The van der Waals surface area contributed by atoms with Gasteiger partial charge in [0.2, 0.25) is 0 Å². The molecule has 0 radical (unpaired) electrons. The molecule has 5 heteroatoms. The van der Waals surface area contributed by atoms with Crippen LogP contribution in [0.2, 0.25) is 5.02 Å². The molecule has 1 aromatic rings. The van der Waals surface area contributed by atoms with Gasteiger partial charge in [-0.25, -0.2) is 4.79 Å². The largest absolute Gasteiger partial charge is 0.478 e. The topological polar surface area (TPSA) is 49.8 Å². The molecule has 0 spiro atoms. The van der Waals surface area contributed by atoms with Crippen LogP contribution in [-0.2, 0) is 9.53 Å². The Kier molecular flexibility index (Phi) is 5.04. The van der Waals surface area contributed by atoms with Gasteiger partial charge in [-0.15, -0.1) is 0 Å². The first-order valence-electron chi connectivity index (χ1n) is 6.66. The summed E-state index contributed by atoms with van der Waals surface area (Å²) in [6.07, 6.45) is 3.60. The minimum Gasteiger partial charge on any atom is -0.478 e. The first-order valence-corrected chi connectivity index (χ1v) is 7.04. The lowest BCUT2D eigenvalue weighted by atomic mass is 10.1. The summed E-state index contributed by atoms with van der Waals surface area (Å²) in [5.41, 5.74) is 1.76. The highest BCUT2D eigenvalue weighted by Gasteiger charge is 2.21. The van der Waals surface area contributed by atoms with E-state index >= 15 is 0 Å². The average Bonchev–Trinajstić information content (AvgIpc) is 2.45. The van der Waals surface area contributed by atoms with E-state index in [4.69, 9.17) is 21.4 Å². The van der Waals surface area contributed by atoms with Gasteiger partial charge in [-0.05, 0) is 30.2 Å². The van der Waals surface area contributed by atoms with E-state index in [1.165, 1.54) is 6.08 Å². The molecule has 1 atom stereocenters. The normalized spacial score (nSPS) is 19.5. The van der Waals surface area contributed by atoms with Crippen molar-refractivity contribution in [3.8, 4) is 0 Å². The lowest BCUT2D eigenvalue weighted by molar-refractivity contribution is -0.131. The van der Waals surface area contributed by atoms with Crippen LogP contribution < -0.4 is 4.90 Å². The molecule has 1 aliphatic heterocycles. The van der Waals surface area contributed by atoms with Crippen LogP contribution in [0.1, 0.15) is 18.9 Å². The van der Waals surface area contributed by atoms with E-state index in [-0.39, 0.29) is 0 Å². The fraction of sp³-hybridized carbons (Fsp3) is 0.400. The van der Waals surface area contributed by atoms with Gasteiger partial charge in [0.1, 0.15) is 0 Å². The number of benzene rings is 1. The lowest BCUT2D eigenvalue weighted by Crippen LogP contribution is -2.45. The Labute approximate surface area is 123 Å². The fourth-order valence-corrected chi connectivity index (χ4v) is 2.56. The third-order valence-electron chi connectivity index (χ3n) is 3.42. The molecule has 1 aliphatic rings. The summed E-state index contributed by atoms with van der Waals surface area (Å²) in [5, 5.41) is 9.20. The highest BCUT2D eigenvalue weighted by atomic mass is 35.5. The minimum absolute atomic E-state index is 0.361. The zero-order valence-corrected chi connectivity index (χ0v) is 12.1. The molecular formula is C15H18ClNO3. The van der Waals surface area contributed by atoms with Gasteiger partial charge >= 0.3 is 5.97 Å². The SMILES string of the molecule is CCC1COCCN1c1ccc(/C=C/C(=O)O)c(Cl)c1. The van der Waals surface area contributed by atoms with E-state index in [1.54, 1.807) is 0 Å². The number of hydrogen-bond donors (Lipinski definition) is 1. The second-order valence-corrected chi connectivity index (χ2v) is 5.11. The first kappa shape index (κ1) is 14.9. The Bertz CT molecular complexity index is 516. The molecule has 1 N–H and O–H groups in total. The molecule has 0 saturated carbocycles. The number of aliphatic carboxylic acids is 1. The van der Waals surface area contributed by atoms with Crippen LogP contribution in [0.4, 0.5) is 5.69 Å². The Morgan fingerprint density at radius 2 is 2.40 bits per heavy atom. The van der Waals surface area contributed by atoms with Crippen LogP contribution in [0.5, 0.6) is 0 Å². The summed E-state index contributed by atoms with van der Waals surface area (Å²) in [5.74, 6) is -0.982. The smallest absolute Gasteiger partial charge is 0.328 e. The number of nitrogens with zero attached hydrogens (tertiary/aromatic N) is 1. The second kappa shape index (κ2) is 6.77. The number of hydrogen-bond acceptors (Lipinski definition) is 3. The van der Waals surface area contributed by atoms with Crippen molar-refractivity contribution in [2.45, 2.75) is 19.4 Å². The molecule has 2 rings (SSSR count). The van der Waals surface area contributed by atoms with Gasteiger partial charge in [0.15, 0.2) is 0 Å². The van der Waals surface area contributed by atoms with E-state index < -0.39 is 5.97 Å². The monoisotopic (exact) mass is 295 g/mol. The molecule has 1 unspecified atom stereocenters. The van der Waals surface area contributed by atoms with E-state index in [9.17, 15) is 4.79 Å².